The van der Waals surface area contributed by atoms with E-state index in [1.54, 1.807) is 18.2 Å². The van der Waals surface area contributed by atoms with Crippen LogP contribution >= 0.6 is 0 Å². The summed E-state index contributed by atoms with van der Waals surface area (Å²) in [6.45, 7) is 5.18. The Morgan fingerprint density at radius 3 is 2.56 bits per heavy atom. The van der Waals surface area contributed by atoms with Crippen molar-refractivity contribution in [3.05, 3.63) is 34.9 Å². The van der Waals surface area contributed by atoms with Gasteiger partial charge in [0.15, 0.2) is 6.61 Å². The van der Waals surface area contributed by atoms with Crippen molar-refractivity contribution in [3.63, 3.8) is 0 Å². The Hall–Kier alpha value is -2.70. The first-order chi connectivity index (χ1) is 11.8. The van der Waals surface area contributed by atoms with Gasteiger partial charge in [0.1, 0.15) is 0 Å². The summed E-state index contributed by atoms with van der Waals surface area (Å²) in [5, 5.41) is 2.68. The van der Waals surface area contributed by atoms with Crippen molar-refractivity contribution < 1.29 is 23.9 Å². The number of nitrogens with one attached hydrogen (secondary N) is 1. The minimum absolute atomic E-state index is 0.00741. The van der Waals surface area contributed by atoms with E-state index in [9.17, 15) is 19.2 Å². The second-order valence-electron chi connectivity index (χ2n) is 6.10. The van der Waals surface area contributed by atoms with Crippen LogP contribution in [-0.4, -0.2) is 47.8 Å². The standard InChI is InChI=1S/C18H22N2O5/c1-4-12(3)19-15(21)10-25-16(22)7-8-20-17(23)13-6-5-11(2)9-14(13)18(20)24/h5-6,9,12H,4,7-8,10H2,1-3H3,(H,19,21). The van der Waals surface area contributed by atoms with Crippen LogP contribution in [0.4, 0.5) is 0 Å². The number of hydrogen-bond donors (Lipinski definition) is 1. The summed E-state index contributed by atoms with van der Waals surface area (Å²) in [5.41, 5.74) is 1.58. The van der Waals surface area contributed by atoms with Gasteiger partial charge in [-0.25, -0.2) is 0 Å². The molecule has 1 aromatic rings. The molecule has 3 amide bonds. The van der Waals surface area contributed by atoms with Crippen LogP contribution in [0.15, 0.2) is 18.2 Å². The molecule has 0 bridgehead atoms. The van der Waals surface area contributed by atoms with Crippen molar-refractivity contribution in [1.82, 2.24) is 10.2 Å². The van der Waals surface area contributed by atoms with Crippen LogP contribution in [0.25, 0.3) is 0 Å². The molecular formula is C18H22N2O5. The van der Waals surface area contributed by atoms with E-state index in [1.807, 2.05) is 20.8 Å². The van der Waals surface area contributed by atoms with Crippen molar-refractivity contribution in [2.45, 2.75) is 39.7 Å². The molecule has 1 heterocycles. The van der Waals surface area contributed by atoms with E-state index in [-0.39, 0.29) is 31.5 Å². The number of nitrogens with zero attached hydrogens (tertiary/aromatic N) is 1. The summed E-state index contributed by atoms with van der Waals surface area (Å²) in [5.74, 6) is -1.83. The Morgan fingerprint density at radius 1 is 1.20 bits per heavy atom. The van der Waals surface area contributed by atoms with E-state index < -0.39 is 17.8 Å². The van der Waals surface area contributed by atoms with Gasteiger partial charge in [-0.15, -0.1) is 0 Å². The molecule has 1 aliphatic heterocycles. The van der Waals surface area contributed by atoms with E-state index >= 15 is 0 Å². The highest BCUT2D eigenvalue weighted by Crippen LogP contribution is 2.23. The number of hydrogen-bond acceptors (Lipinski definition) is 5. The fraction of sp³-hybridized carbons (Fsp3) is 0.444. The van der Waals surface area contributed by atoms with Gasteiger partial charge in [-0.1, -0.05) is 18.6 Å². The van der Waals surface area contributed by atoms with Gasteiger partial charge >= 0.3 is 5.97 Å². The molecule has 0 radical (unpaired) electrons. The zero-order valence-corrected chi connectivity index (χ0v) is 14.6. The average Bonchev–Trinajstić information content (AvgIpc) is 2.81. The topological polar surface area (TPSA) is 92.8 Å². The molecular weight excluding hydrogens is 324 g/mol. The molecule has 1 aromatic carbocycles. The van der Waals surface area contributed by atoms with E-state index in [4.69, 9.17) is 4.74 Å². The number of ether oxygens (including phenoxy) is 1. The number of fused-ring (bicyclic) bond motifs is 1. The maximum atomic E-state index is 12.3. The second kappa shape index (κ2) is 7.92. The maximum absolute atomic E-state index is 12.3. The number of esters is 1. The van der Waals surface area contributed by atoms with Gasteiger partial charge in [0.25, 0.3) is 17.7 Å². The summed E-state index contributed by atoms with van der Waals surface area (Å²) in [6.07, 6.45) is 0.625. The lowest BCUT2D eigenvalue weighted by Gasteiger charge is -2.14. The first kappa shape index (κ1) is 18.6. The molecule has 0 fully saturated rings. The van der Waals surface area contributed by atoms with E-state index in [0.717, 1.165) is 16.9 Å². The lowest BCUT2D eigenvalue weighted by Crippen LogP contribution is -2.36. The molecule has 7 heteroatoms. The Morgan fingerprint density at radius 2 is 1.88 bits per heavy atom. The lowest BCUT2D eigenvalue weighted by atomic mass is 10.1. The summed E-state index contributed by atoms with van der Waals surface area (Å²) in [7, 11) is 0. The van der Waals surface area contributed by atoms with Gasteiger partial charge in [0, 0.05) is 12.6 Å². The highest BCUT2D eigenvalue weighted by Gasteiger charge is 2.35. The van der Waals surface area contributed by atoms with Crippen LogP contribution < -0.4 is 5.32 Å². The van der Waals surface area contributed by atoms with Crippen molar-refractivity contribution in [3.8, 4) is 0 Å². The van der Waals surface area contributed by atoms with Crippen molar-refractivity contribution in [2.75, 3.05) is 13.2 Å². The first-order valence-electron chi connectivity index (χ1n) is 8.25. The first-order valence-corrected chi connectivity index (χ1v) is 8.25. The Bertz CT molecular complexity index is 713. The molecule has 25 heavy (non-hydrogen) atoms. The fourth-order valence-corrected chi connectivity index (χ4v) is 2.45. The van der Waals surface area contributed by atoms with Gasteiger partial charge in [0.2, 0.25) is 0 Å². The number of imide groups is 1. The van der Waals surface area contributed by atoms with Crippen LogP contribution in [0, 0.1) is 6.92 Å². The van der Waals surface area contributed by atoms with Crippen LogP contribution in [0.3, 0.4) is 0 Å². The van der Waals surface area contributed by atoms with Crippen molar-refractivity contribution >= 4 is 23.7 Å². The van der Waals surface area contributed by atoms with Crippen LogP contribution in [0.2, 0.25) is 0 Å². The highest BCUT2D eigenvalue weighted by molar-refractivity contribution is 6.21. The normalized spacial score (nSPS) is 14.3. The van der Waals surface area contributed by atoms with Gasteiger partial charge in [-0.2, -0.15) is 0 Å². The van der Waals surface area contributed by atoms with Crippen LogP contribution in [0.5, 0.6) is 0 Å². The second-order valence-corrected chi connectivity index (χ2v) is 6.10. The zero-order chi connectivity index (χ0) is 18.6. The summed E-state index contributed by atoms with van der Waals surface area (Å²) >= 11 is 0. The third-order valence-electron chi connectivity index (χ3n) is 4.05. The number of carbonyl (C=O) groups excluding carboxylic acids is 4. The van der Waals surface area contributed by atoms with Gasteiger partial charge < -0.3 is 10.1 Å². The molecule has 1 N–H and O–H groups in total. The Balaban J connectivity index is 1.84. The molecule has 0 spiro atoms. The minimum Gasteiger partial charge on any atom is -0.456 e. The predicted molar refractivity (Wildman–Crippen MR) is 90.0 cm³/mol. The van der Waals surface area contributed by atoms with Gasteiger partial charge in [0.05, 0.1) is 17.5 Å². The number of benzene rings is 1. The summed E-state index contributed by atoms with van der Waals surface area (Å²) in [4.78, 5) is 48.9. The van der Waals surface area contributed by atoms with Crippen LogP contribution in [-0.2, 0) is 14.3 Å². The van der Waals surface area contributed by atoms with Crippen molar-refractivity contribution in [2.24, 2.45) is 0 Å². The fourth-order valence-electron chi connectivity index (χ4n) is 2.45. The summed E-state index contributed by atoms with van der Waals surface area (Å²) < 4.78 is 4.88. The monoisotopic (exact) mass is 346 g/mol. The molecule has 0 aromatic heterocycles. The molecule has 7 nitrogen and oxygen atoms in total. The molecule has 1 aliphatic rings. The largest absolute Gasteiger partial charge is 0.456 e. The molecule has 1 atom stereocenters. The summed E-state index contributed by atoms with van der Waals surface area (Å²) in [6, 6.07) is 5.04. The Labute approximate surface area is 146 Å². The highest BCUT2D eigenvalue weighted by atomic mass is 16.5. The Kier molecular flexibility index (Phi) is 5.90. The van der Waals surface area contributed by atoms with Gasteiger partial charge in [-0.05, 0) is 32.4 Å². The van der Waals surface area contributed by atoms with E-state index in [1.165, 1.54) is 0 Å². The van der Waals surface area contributed by atoms with E-state index in [0.29, 0.717) is 11.1 Å². The number of aryl methyl sites for hydroxylation is 1. The SMILES string of the molecule is CCC(C)NC(=O)COC(=O)CCN1C(=O)c2ccc(C)cc2C1=O. The quantitative estimate of drug-likeness (QED) is 0.596. The molecule has 0 saturated carbocycles. The smallest absolute Gasteiger partial charge is 0.308 e. The number of amides is 3. The van der Waals surface area contributed by atoms with Crippen LogP contribution in [0.1, 0.15) is 53.0 Å². The van der Waals surface area contributed by atoms with Gasteiger partial charge in [-0.3, -0.25) is 24.1 Å². The predicted octanol–water partition coefficient (Wildman–Crippen LogP) is 1.44. The lowest BCUT2D eigenvalue weighted by molar-refractivity contribution is -0.148. The molecule has 1 unspecified atom stereocenters. The zero-order valence-electron chi connectivity index (χ0n) is 14.6. The molecule has 2 rings (SSSR count). The third-order valence-corrected chi connectivity index (χ3v) is 4.05. The number of rotatable bonds is 7. The molecule has 0 saturated heterocycles. The third kappa shape index (κ3) is 4.43. The number of carbonyl (C=O) groups is 4. The maximum Gasteiger partial charge on any atom is 0.308 e. The minimum atomic E-state index is -0.632. The molecule has 0 aliphatic carbocycles. The van der Waals surface area contributed by atoms with Crippen molar-refractivity contribution in [1.29, 1.82) is 0 Å². The molecule has 134 valence electrons. The average molecular weight is 346 g/mol. The van der Waals surface area contributed by atoms with E-state index in [2.05, 4.69) is 5.32 Å².